The van der Waals surface area contributed by atoms with E-state index in [1.807, 2.05) is 60.0 Å². The molecule has 3 aromatic rings. The van der Waals surface area contributed by atoms with Crippen LogP contribution in [0.25, 0.3) is 6.08 Å². The Kier molecular flexibility index (Phi) is 5.90. The number of amides is 2. The zero-order valence-electron chi connectivity index (χ0n) is 16.4. The van der Waals surface area contributed by atoms with E-state index in [9.17, 15) is 9.59 Å². The highest BCUT2D eigenvalue weighted by atomic mass is 32.1. The van der Waals surface area contributed by atoms with Crippen LogP contribution in [0.4, 0.5) is 10.8 Å². The van der Waals surface area contributed by atoms with Crippen LogP contribution in [0.1, 0.15) is 30.6 Å². The van der Waals surface area contributed by atoms with Crippen LogP contribution in [0.5, 0.6) is 5.75 Å². The molecule has 6 nitrogen and oxygen atoms in total. The van der Waals surface area contributed by atoms with Crippen molar-refractivity contribution in [2.45, 2.75) is 19.4 Å². The van der Waals surface area contributed by atoms with Gasteiger partial charge in [0, 0.05) is 30.4 Å². The van der Waals surface area contributed by atoms with E-state index in [0.29, 0.717) is 17.4 Å². The van der Waals surface area contributed by atoms with Crippen molar-refractivity contribution < 1.29 is 14.3 Å². The van der Waals surface area contributed by atoms with Crippen LogP contribution in [-0.4, -0.2) is 23.4 Å². The van der Waals surface area contributed by atoms with Crippen molar-refractivity contribution in [1.29, 1.82) is 0 Å². The number of hydrogen-bond acceptors (Lipinski definition) is 5. The molecule has 4 rings (SSSR count). The summed E-state index contributed by atoms with van der Waals surface area (Å²) in [4.78, 5) is 30.6. The minimum Gasteiger partial charge on any atom is -0.493 e. The highest BCUT2D eigenvalue weighted by molar-refractivity contribution is 7.14. The number of ether oxygens (including phenoxy) is 1. The van der Waals surface area contributed by atoms with Gasteiger partial charge in [-0.1, -0.05) is 36.4 Å². The zero-order valence-corrected chi connectivity index (χ0v) is 17.3. The zero-order chi connectivity index (χ0) is 20.9. The van der Waals surface area contributed by atoms with Gasteiger partial charge in [-0.15, -0.1) is 11.3 Å². The normalized spacial score (nSPS) is 15.3. The summed E-state index contributed by atoms with van der Waals surface area (Å²) in [6.45, 7) is 2.07. The van der Waals surface area contributed by atoms with Crippen LogP contribution < -0.4 is 15.0 Å². The van der Waals surface area contributed by atoms with Crippen LogP contribution in [0.3, 0.4) is 0 Å². The Morgan fingerprint density at radius 1 is 1.17 bits per heavy atom. The molecule has 2 aromatic carbocycles. The third-order valence-electron chi connectivity index (χ3n) is 4.71. The summed E-state index contributed by atoms with van der Waals surface area (Å²) in [6.07, 6.45) is 3.85. The molecule has 152 valence electrons. The fourth-order valence-corrected chi connectivity index (χ4v) is 4.19. The summed E-state index contributed by atoms with van der Waals surface area (Å²) in [5, 5.41) is 5.41. The molecule has 0 radical (unpaired) electrons. The van der Waals surface area contributed by atoms with Crippen LogP contribution >= 0.6 is 11.3 Å². The molecule has 2 heterocycles. The average molecular weight is 420 g/mol. The Labute approximate surface area is 178 Å². The molecule has 0 saturated heterocycles. The van der Waals surface area contributed by atoms with Crippen LogP contribution in [0, 0.1) is 0 Å². The Balaban J connectivity index is 1.45. The van der Waals surface area contributed by atoms with Gasteiger partial charge in [-0.3, -0.25) is 14.5 Å². The fraction of sp³-hybridized carbons (Fsp3) is 0.174. The first-order valence-electron chi connectivity index (χ1n) is 9.63. The first-order chi connectivity index (χ1) is 14.6. The lowest BCUT2D eigenvalue weighted by molar-refractivity contribution is -0.117. The molecular weight excluding hydrogens is 398 g/mol. The summed E-state index contributed by atoms with van der Waals surface area (Å²) in [6, 6.07) is 17.0. The largest absolute Gasteiger partial charge is 0.493 e. The third kappa shape index (κ3) is 4.41. The van der Waals surface area contributed by atoms with Crippen molar-refractivity contribution >= 4 is 40.0 Å². The van der Waals surface area contributed by atoms with Crippen molar-refractivity contribution in [2.24, 2.45) is 0 Å². The third-order valence-corrected chi connectivity index (χ3v) is 5.55. The molecule has 1 aliphatic rings. The Morgan fingerprint density at radius 2 is 1.93 bits per heavy atom. The molecule has 0 aliphatic carbocycles. The van der Waals surface area contributed by atoms with Gasteiger partial charge in [0.1, 0.15) is 5.75 Å². The minimum atomic E-state index is -0.197. The number of anilines is 2. The van der Waals surface area contributed by atoms with E-state index >= 15 is 0 Å². The van der Waals surface area contributed by atoms with E-state index in [0.717, 1.165) is 23.4 Å². The number of fused-ring (bicyclic) bond motifs is 1. The van der Waals surface area contributed by atoms with Gasteiger partial charge < -0.3 is 10.1 Å². The minimum absolute atomic E-state index is 0.0793. The number of rotatable bonds is 5. The molecule has 0 saturated carbocycles. The molecule has 1 N–H and O–H groups in total. The quantitative estimate of drug-likeness (QED) is 0.619. The highest BCUT2D eigenvalue weighted by Gasteiger charge is 2.22. The number of nitrogens with zero attached hydrogens (tertiary/aromatic N) is 2. The van der Waals surface area contributed by atoms with E-state index in [2.05, 4.69) is 10.3 Å². The number of aromatic nitrogens is 1. The van der Waals surface area contributed by atoms with E-state index < -0.39 is 0 Å². The monoisotopic (exact) mass is 419 g/mol. The number of benzene rings is 2. The maximum absolute atomic E-state index is 12.4. The second kappa shape index (κ2) is 8.92. The smallest absolute Gasteiger partial charge is 0.244 e. The van der Waals surface area contributed by atoms with E-state index in [4.69, 9.17) is 4.74 Å². The van der Waals surface area contributed by atoms with Crippen LogP contribution in [0.2, 0.25) is 0 Å². The molecule has 0 bridgehead atoms. The maximum atomic E-state index is 12.4. The first-order valence-corrected chi connectivity index (χ1v) is 10.5. The molecule has 30 heavy (non-hydrogen) atoms. The topological polar surface area (TPSA) is 71.5 Å². The molecule has 1 aliphatic heterocycles. The van der Waals surface area contributed by atoms with Crippen molar-refractivity contribution in [2.75, 3.05) is 11.5 Å². The van der Waals surface area contributed by atoms with E-state index in [-0.39, 0.29) is 17.9 Å². The summed E-state index contributed by atoms with van der Waals surface area (Å²) >= 11 is 1.35. The number of carbonyl (C=O) groups is 2. The Bertz CT molecular complexity index is 1080. The van der Waals surface area contributed by atoms with E-state index in [1.54, 1.807) is 11.0 Å². The molecule has 7 heteroatoms. The predicted octanol–water partition coefficient (Wildman–Crippen LogP) is 4.48. The Hall–Kier alpha value is -3.45. The van der Waals surface area contributed by atoms with Gasteiger partial charge in [-0.2, -0.15) is 0 Å². The summed E-state index contributed by atoms with van der Waals surface area (Å²) in [7, 11) is 0. The van der Waals surface area contributed by atoms with Crippen molar-refractivity contribution in [3.8, 4) is 5.75 Å². The molecule has 0 unspecified atom stereocenters. The number of hydrogen-bond donors (Lipinski definition) is 1. The second-order valence-electron chi connectivity index (χ2n) is 6.81. The second-order valence-corrected chi connectivity index (χ2v) is 7.65. The van der Waals surface area contributed by atoms with Crippen molar-refractivity contribution in [1.82, 2.24) is 10.3 Å². The molecule has 0 fully saturated rings. The molecule has 0 spiro atoms. The summed E-state index contributed by atoms with van der Waals surface area (Å²) in [5.41, 5.74) is 2.37. The number of carbonyl (C=O) groups excluding carboxylic acids is 2. The van der Waals surface area contributed by atoms with Gasteiger partial charge in [0.05, 0.1) is 24.0 Å². The van der Waals surface area contributed by atoms with Gasteiger partial charge in [0.15, 0.2) is 5.13 Å². The summed E-state index contributed by atoms with van der Waals surface area (Å²) in [5.74, 6) is 0.493. The molecule has 1 aromatic heterocycles. The van der Waals surface area contributed by atoms with Crippen molar-refractivity contribution in [3.05, 3.63) is 77.3 Å². The molecular formula is C23H21N3O3S. The number of nitrogens with one attached hydrogen (secondary N) is 1. The number of para-hydroxylation sites is 2. The average Bonchev–Trinajstić information content (AvgIpc) is 3.21. The number of thiazole rings is 1. The van der Waals surface area contributed by atoms with Gasteiger partial charge in [0.2, 0.25) is 11.8 Å². The van der Waals surface area contributed by atoms with Crippen LogP contribution in [-0.2, 0) is 9.59 Å². The van der Waals surface area contributed by atoms with Gasteiger partial charge in [-0.25, -0.2) is 4.98 Å². The van der Waals surface area contributed by atoms with Crippen molar-refractivity contribution in [3.63, 3.8) is 0 Å². The highest BCUT2D eigenvalue weighted by Crippen LogP contribution is 2.32. The molecule has 1 atom stereocenters. The Morgan fingerprint density at radius 3 is 2.73 bits per heavy atom. The predicted molar refractivity (Wildman–Crippen MR) is 118 cm³/mol. The molecule has 2 amide bonds. The van der Waals surface area contributed by atoms with E-state index in [1.165, 1.54) is 24.3 Å². The van der Waals surface area contributed by atoms with Crippen LogP contribution in [0.15, 0.2) is 66.1 Å². The standard InChI is InChI=1S/C23H21N3O3S/c1-16(27)26(18-7-3-2-4-8-18)23-24-17(15-30-23)11-12-22(28)25-20-13-14-29-21-10-6-5-9-19(20)21/h2-12,15,20H,13-14H2,1H3,(H,25,28)/b12-11+/t20-/m0/s1. The lowest BCUT2D eigenvalue weighted by atomic mass is 10.0. The lowest BCUT2D eigenvalue weighted by Gasteiger charge is -2.26. The van der Waals surface area contributed by atoms with Gasteiger partial charge in [-0.05, 0) is 24.3 Å². The lowest BCUT2D eigenvalue weighted by Crippen LogP contribution is -2.30. The first kappa shape index (κ1) is 19.8. The SMILES string of the molecule is CC(=O)N(c1ccccc1)c1nc(/C=C/C(=O)N[C@H]2CCOc3ccccc32)cs1. The van der Waals surface area contributed by atoms with Gasteiger partial charge in [0.25, 0.3) is 0 Å². The fourth-order valence-electron chi connectivity index (χ4n) is 3.33. The van der Waals surface area contributed by atoms with Gasteiger partial charge >= 0.3 is 0 Å². The maximum Gasteiger partial charge on any atom is 0.244 e. The summed E-state index contributed by atoms with van der Waals surface area (Å²) < 4.78 is 5.64.